The average Bonchev–Trinajstić information content (AvgIpc) is 3.26. The van der Waals surface area contributed by atoms with Crippen molar-refractivity contribution in [2.75, 3.05) is 13.7 Å². The molecule has 13 nitrogen and oxygen atoms in total. The Bertz CT molecular complexity index is 1350. The molecule has 2 unspecified atom stereocenters. The lowest BCUT2D eigenvalue weighted by atomic mass is 9.98. The van der Waals surface area contributed by atoms with Crippen LogP contribution in [0.1, 0.15) is 51.2 Å². The maximum absolute atomic E-state index is 13.4. The summed E-state index contributed by atoms with van der Waals surface area (Å²) in [6, 6.07) is 6.31. The lowest BCUT2D eigenvalue weighted by Crippen LogP contribution is -2.70. The molecule has 14 heteroatoms. The van der Waals surface area contributed by atoms with Crippen molar-refractivity contribution < 1.29 is 37.0 Å². The first-order valence-corrected chi connectivity index (χ1v) is 12.9. The van der Waals surface area contributed by atoms with Crippen molar-refractivity contribution in [1.29, 1.82) is 0 Å². The van der Waals surface area contributed by atoms with Gasteiger partial charge in [-0.2, -0.15) is 0 Å². The zero-order chi connectivity index (χ0) is 27.1. The van der Waals surface area contributed by atoms with Crippen LogP contribution in [0.15, 0.2) is 41.3 Å². The Morgan fingerprint density at radius 1 is 1.16 bits per heavy atom. The number of hydrogen-bond donors (Lipinski definition) is 0. The molecule has 0 spiro atoms. The van der Waals surface area contributed by atoms with Gasteiger partial charge in [0.05, 0.1) is 0 Å². The van der Waals surface area contributed by atoms with E-state index in [1.165, 1.54) is 18.7 Å². The first-order valence-electron chi connectivity index (χ1n) is 11.3. The van der Waals surface area contributed by atoms with Crippen LogP contribution in [-0.2, 0) is 38.4 Å². The van der Waals surface area contributed by atoms with Gasteiger partial charge in [0.25, 0.3) is 5.91 Å². The number of benzene rings is 1. The highest BCUT2D eigenvalue weighted by Crippen LogP contribution is 2.44. The van der Waals surface area contributed by atoms with Gasteiger partial charge in [0.1, 0.15) is 18.2 Å². The molecule has 1 aromatic carbocycles. The van der Waals surface area contributed by atoms with E-state index in [1.807, 2.05) is 0 Å². The summed E-state index contributed by atoms with van der Waals surface area (Å²) in [4.78, 5) is 39.0. The van der Waals surface area contributed by atoms with Crippen molar-refractivity contribution in [1.82, 2.24) is 25.1 Å². The van der Waals surface area contributed by atoms with Gasteiger partial charge in [0, 0.05) is 25.0 Å². The summed E-state index contributed by atoms with van der Waals surface area (Å²) in [5.74, 6) is -1.94. The van der Waals surface area contributed by atoms with Gasteiger partial charge in [0.2, 0.25) is 0 Å². The monoisotopic (exact) mass is 533 g/mol. The van der Waals surface area contributed by atoms with Crippen molar-refractivity contribution in [2.45, 2.75) is 56.9 Å². The number of fused-ring (bicyclic) bond motifs is 1. The summed E-state index contributed by atoms with van der Waals surface area (Å²) in [5, 5.41) is 11.5. The molecule has 0 aliphatic carbocycles. The first-order chi connectivity index (χ1) is 17.4. The molecule has 0 N–H and O–H groups in total. The topological polar surface area (TPSA) is 160 Å². The number of carbonyl (C=O) groups excluding carboxylic acids is 3. The Morgan fingerprint density at radius 3 is 2.43 bits per heavy atom. The molecule has 198 valence electrons. The van der Waals surface area contributed by atoms with E-state index < -0.39 is 63.5 Å². The van der Waals surface area contributed by atoms with Gasteiger partial charge in [0.15, 0.2) is 33.2 Å². The molecule has 2 aliphatic rings. The van der Waals surface area contributed by atoms with E-state index in [2.05, 4.69) is 15.5 Å². The van der Waals surface area contributed by atoms with Crippen LogP contribution in [0.25, 0.3) is 0 Å². The highest BCUT2D eigenvalue weighted by molar-refractivity contribution is 7.95. The Labute approximate surface area is 213 Å². The predicted molar refractivity (Wildman–Crippen MR) is 126 cm³/mol. The number of esters is 2. The Balaban J connectivity index is 1.87. The second-order valence-corrected chi connectivity index (χ2v) is 11.5. The first kappa shape index (κ1) is 26.4. The minimum absolute atomic E-state index is 0.0130. The molecular weight excluding hydrogens is 506 g/mol. The number of aromatic nitrogens is 4. The van der Waals surface area contributed by atoms with Crippen LogP contribution in [0.3, 0.4) is 0 Å². The zero-order valence-corrected chi connectivity index (χ0v) is 21.7. The number of methoxy groups -OCH3 is 1. The average molecular weight is 534 g/mol. The third-order valence-electron chi connectivity index (χ3n) is 5.76. The highest BCUT2D eigenvalue weighted by atomic mass is 32.2. The number of hydrogen-bond acceptors (Lipinski definition) is 11. The lowest BCUT2D eigenvalue weighted by molar-refractivity contribution is -0.167. The molecule has 3 heterocycles. The van der Waals surface area contributed by atoms with Crippen molar-refractivity contribution in [2.24, 2.45) is 0 Å². The van der Waals surface area contributed by atoms with Crippen molar-refractivity contribution in [3.63, 3.8) is 0 Å². The van der Waals surface area contributed by atoms with Gasteiger partial charge in [-0.1, -0.05) is 30.3 Å². The largest absolute Gasteiger partial charge is 0.461 e. The maximum atomic E-state index is 13.4. The number of ether oxygens (including phenoxy) is 3. The number of rotatable bonds is 7. The Morgan fingerprint density at radius 2 is 1.84 bits per heavy atom. The fraction of sp³-hybridized carbons (Fsp3) is 0.478. The summed E-state index contributed by atoms with van der Waals surface area (Å²) >= 11 is 0. The minimum Gasteiger partial charge on any atom is -0.461 e. The Hall–Kier alpha value is -3.65. The molecule has 37 heavy (non-hydrogen) atoms. The van der Waals surface area contributed by atoms with Crippen molar-refractivity contribution in [3.05, 3.63) is 52.7 Å². The standard InChI is InChI=1S/C23H27N5O8S/c1-13(29)35-11-15-12-37(32,33)21-18(34-5)20(30)27(21)16(15)19-24-25-26-28(19)17(14-9-7-6-8-10-14)22(31)36-23(2,3)4/h6-10,12,16-18,21H,11H2,1-5H3/t16?,17?,18-,21+/m0/s1. The maximum Gasteiger partial charge on any atom is 0.336 e. The normalized spacial score (nSPS) is 23.4. The molecule has 4 rings (SSSR count). The quantitative estimate of drug-likeness (QED) is 0.364. The van der Waals surface area contributed by atoms with Gasteiger partial charge >= 0.3 is 11.9 Å². The number of amides is 1. The summed E-state index contributed by atoms with van der Waals surface area (Å²) in [5.41, 5.74) is -0.288. The smallest absolute Gasteiger partial charge is 0.336 e. The summed E-state index contributed by atoms with van der Waals surface area (Å²) in [6.07, 6.45) is -1.22. The molecule has 0 bridgehead atoms. The highest BCUT2D eigenvalue weighted by Gasteiger charge is 2.61. The van der Waals surface area contributed by atoms with Gasteiger partial charge in [-0.25, -0.2) is 17.9 Å². The van der Waals surface area contributed by atoms with E-state index in [0.29, 0.717) is 5.56 Å². The number of β-lactam (4-membered cyclic amide) rings is 1. The van der Waals surface area contributed by atoms with Crippen molar-refractivity contribution in [3.8, 4) is 0 Å². The second-order valence-electron chi connectivity index (χ2n) is 9.59. The zero-order valence-electron chi connectivity index (χ0n) is 20.9. The van der Waals surface area contributed by atoms with E-state index in [1.54, 1.807) is 51.1 Å². The molecule has 4 atom stereocenters. The number of nitrogens with zero attached hydrogens (tertiary/aromatic N) is 5. The SMILES string of the molecule is CO[C@H]1C(=O)N2C(c3nnnn3C(C(=O)OC(C)(C)C)c3ccccc3)C(COC(C)=O)=CS(=O)(=O)[C@H]12. The van der Waals surface area contributed by atoms with Crippen LogP contribution in [-0.4, -0.2) is 82.2 Å². The van der Waals surface area contributed by atoms with Gasteiger partial charge in [-0.3, -0.25) is 9.59 Å². The predicted octanol–water partition coefficient (Wildman–Crippen LogP) is 0.704. The molecule has 1 aromatic heterocycles. The Kier molecular flexibility index (Phi) is 6.90. The molecule has 0 saturated carbocycles. The molecule has 1 amide bonds. The lowest BCUT2D eigenvalue weighted by Gasteiger charge is -2.50. The number of sulfone groups is 1. The van der Waals surface area contributed by atoms with E-state index in [4.69, 9.17) is 14.2 Å². The summed E-state index contributed by atoms with van der Waals surface area (Å²) in [7, 11) is -2.77. The number of tetrazole rings is 1. The molecule has 1 saturated heterocycles. The molecule has 2 aromatic rings. The third-order valence-corrected chi connectivity index (χ3v) is 7.54. The van der Waals surface area contributed by atoms with Crippen LogP contribution >= 0.6 is 0 Å². The third kappa shape index (κ3) is 4.98. The van der Waals surface area contributed by atoms with Gasteiger partial charge in [-0.05, 0) is 36.8 Å². The second kappa shape index (κ2) is 9.67. The van der Waals surface area contributed by atoms with Gasteiger partial charge in [-0.15, -0.1) is 5.10 Å². The fourth-order valence-corrected chi connectivity index (χ4v) is 6.20. The molecule has 1 fully saturated rings. The summed E-state index contributed by atoms with van der Waals surface area (Å²) < 4.78 is 43.1. The van der Waals surface area contributed by atoms with E-state index in [9.17, 15) is 22.8 Å². The molecule has 2 aliphatic heterocycles. The minimum atomic E-state index is -4.01. The summed E-state index contributed by atoms with van der Waals surface area (Å²) in [6.45, 7) is 5.88. The van der Waals surface area contributed by atoms with Crippen LogP contribution in [0.2, 0.25) is 0 Å². The molecule has 0 radical (unpaired) electrons. The van der Waals surface area contributed by atoms with Crippen LogP contribution < -0.4 is 0 Å². The van der Waals surface area contributed by atoms with Crippen molar-refractivity contribution >= 4 is 27.7 Å². The van der Waals surface area contributed by atoms with E-state index in [-0.39, 0.29) is 11.4 Å². The van der Waals surface area contributed by atoms with Crippen LogP contribution in [0.5, 0.6) is 0 Å². The molecular formula is C23H27N5O8S. The fourth-order valence-electron chi connectivity index (χ4n) is 4.33. The van der Waals surface area contributed by atoms with E-state index in [0.717, 1.165) is 10.3 Å². The van der Waals surface area contributed by atoms with Crippen LogP contribution in [0.4, 0.5) is 0 Å². The van der Waals surface area contributed by atoms with Crippen LogP contribution in [0, 0.1) is 0 Å². The number of carbonyl (C=O) groups is 3. The van der Waals surface area contributed by atoms with Gasteiger partial charge < -0.3 is 19.1 Å². The van der Waals surface area contributed by atoms with E-state index >= 15 is 0 Å².